The van der Waals surface area contributed by atoms with E-state index in [-0.39, 0.29) is 6.42 Å². The van der Waals surface area contributed by atoms with E-state index in [0.717, 1.165) is 25.9 Å². The van der Waals surface area contributed by atoms with Crippen molar-refractivity contribution in [3.05, 3.63) is 0 Å². The largest absolute Gasteiger partial charge is 0.389 e. The summed E-state index contributed by atoms with van der Waals surface area (Å²) in [5.41, 5.74) is 5.36. The zero-order chi connectivity index (χ0) is 11.7. The van der Waals surface area contributed by atoms with Gasteiger partial charge in [0.2, 0.25) is 0 Å². The van der Waals surface area contributed by atoms with E-state index in [4.69, 9.17) is 5.73 Å². The zero-order valence-electron chi connectivity index (χ0n) is 9.32. The molecule has 0 spiro atoms. The molecule has 0 saturated carbocycles. The van der Waals surface area contributed by atoms with Gasteiger partial charge >= 0.3 is 6.18 Å². The quantitative estimate of drug-likeness (QED) is 0.688. The second-order valence-corrected chi connectivity index (χ2v) is 3.70. The molecule has 0 aromatic carbocycles. The van der Waals surface area contributed by atoms with Gasteiger partial charge in [-0.3, -0.25) is 0 Å². The Kier molecular flexibility index (Phi) is 7.78. The first-order valence-corrected chi connectivity index (χ1v) is 5.48. The second kappa shape index (κ2) is 7.93. The maximum atomic E-state index is 11.9. The van der Waals surface area contributed by atoms with Crippen LogP contribution in [0, 0.1) is 0 Å². The highest BCUT2D eigenvalue weighted by molar-refractivity contribution is 4.60. The summed E-state index contributed by atoms with van der Waals surface area (Å²) in [5.74, 6) is 0. The van der Waals surface area contributed by atoms with Crippen LogP contribution in [0.15, 0.2) is 0 Å². The highest BCUT2D eigenvalue weighted by atomic mass is 19.4. The molecule has 15 heavy (non-hydrogen) atoms. The summed E-state index contributed by atoms with van der Waals surface area (Å²) in [7, 11) is 0. The van der Waals surface area contributed by atoms with Crippen molar-refractivity contribution in [2.45, 2.75) is 38.8 Å². The number of hydrogen-bond acceptors (Lipinski definition) is 2. The molecule has 92 valence electrons. The fraction of sp³-hybridized carbons (Fsp3) is 1.00. The van der Waals surface area contributed by atoms with Crippen LogP contribution in [0.4, 0.5) is 13.2 Å². The van der Waals surface area contributed by atoms with Crippen molar-refractivity contribution in [1.82, 2.24) is 4.90 Å². The van der Waals surface area contributed by atoms with E-state index in [2.05, 4.69) is 4.90 Å². The maximum Gasteiger partial charge on any atom is 0.389 e. The predicted octanol–water partition coefficient (Wildman–Crippen LogP) is 2.39. The van der Waals surface area contributed by atoms with Crippen molar-refractivity contribution in [2.24, 2.45) is 5.73 Å². The fourth-order valence-corrected chi connectivity index (χ4v) is 1.47. The molecule has 0 radical (unpaired) electrons. The number of halogens is 3. The van der Waals surface area contributed by atoms with Gasteiger partial charge in [0.25, 0.3) is 0 Å². The molecule has 0 amide bonds. The van der Waals surface area contributed by atoms with Crippen LogP contribution >= 0.6 is 0 Å². The fourth-order valence-electron chi connectivity index (χ4n) is 1.47. The third kappa shape index (κ3) is 10.0. The molecule has 0 saturated heterocycles. The minimum Gasteiger partial charge on any atom is -0.330 e. The van der Waals surface area contributed by atoms with Crippen LogP contribution in [0.25, 0.3) is 0 Å². The van der Waals surface area contributed by atoms with Gasteiger partial charge in [0.1, 0.15) is 0 Å². The molecule has 2 nitrogen and oxygen atoms in total. The van der Waals surface area contributed by atoms with E-state index in [0.29, 0.717) is 13.1 Å². The predicted molar refractivity (Wildman–Crippen MR) is 55.7 cm³/mol. The molecule has 0 heterocycles. The van der Waals surface area contributed by atoms with Crippen LogP contribution in [-0.2, 0) is 0 Å². The molecule has 0 bridgehead atoms. The Balaban J connectivity index is 3.65. The standard InChI is InChI=1S/C10H21F3N2/c1-2-7-15(9-4-6-14)8-3-5-10(11,12)13/h2-9,14H2,1H3. The Labute approximate surface area is 89.6 Å². The molecule has 0 aromatic rings. The highest BCUT2D eigenvalue weighted by Gasteiger charge is 2.26. The molecule has 2 N–H and O–H groups in total. The SMILES string of the molecule is CCCN(CCCN)CCCC(F)(F)F. The van der Waals surface area contributed by atoms with Crippen molar-refractivity contribution < 1.29 is 13.2 Å². The van der Waals surface area contributed by atoms with Crippen LogP contribution in [0.5, 0.6) is 0 Å². The van der Waals surface area contributed by atoms with E-state index >= 15 is 0 Å². The lowest BCUT2D eigenvalue weighted by atomic mass is 10.2. The molecule has 0 unspecified atom stereocenters. The first-order chi connectivity index (χ1) is 6.99. The van der Waals surface area contributed by atoms with Crippen LogP contribution in [0.1, 0.15) is 32.6 Å². The second-order valence-electron chi connectivity index (χ2n) is 3.70. The first kappa shape index (κ1) is 14.7. The molecule has 0 aromatic heterocycles. The zero-order valence-corrected chi connectivity index (χ0v) is 9.32. The number of rotatable bonds is 8. The monoisotopic (exact) mass is 226 g/mol. The van der Waals surface area contributed by atoms with Gasteiger partial charge in [-0.15, -0.1) is 0 Å². The van der Waals surface area contributed by atoms with E-state index in [9.17, 15) is 13.2 Å². The van der Waals surface area contributed by atoms with Crippen LogP contribution in [-0.4, -0.2) is 37.3 Å². The minimum absolute atomic E-state index is 0.189. The van der Waals surface area contributed by atoms with Crippen molar-refractivity contribution in [3.63, 3.8) is 0 Å². The van der Waals surface area contributed by atoms with Crippen LogP contribution < -0.4 is 5.73 Å². The lowest BCUT2D eigenvalue weighted by molar-refractivity contribution is -0.136. The van der Waals surface area contributed by atoms with E-state index in [1.807, 2.05) is 6.92 Å². The molecule has 5 heteroatoms. The third-order valence-corrected chi connectivity index (χ3v) is 2.15. The Morgan fingerprint density at radius 2 is 1.67 bits per heavy atom. The highest BCUT2D eigenvalue weighted by Crippen LogP contribution is 2.21. The molecule has 0 aliphatic carbocycles. The van der Waals surface area contributed by atoms with Gasteiger partial charge in [0.05, 0.1) is 0 Å². The Morgan fingerprint density at radius 1 is 1.07 bits per heavy atom. The van der Waals surface area contributed by atoms with E-state index in [1.165, 1.54) is 0 Å². The maximum absolute atomic E-state index is 11.9. The van der Waals surface area contributed by atoms with Crippen molar-refractivity contribution >= 4 is 0 Å². The molecule has 0 fully saturated rings. The summed E-state index contributed by atoms with van der Waals surface area (Å²) in [4.78, 5) is 2.05. The first-order valence-electron chi connectivity index (χ1n) is 5.48. The molecule has 0 atom stereocenters. The summed E-state index contributed by atoms with van der Waals surface area (Å²) in [6, 6.07) is 0. The van der Waals surface area contributed by atoms with Gasteiger partial charge in [0.15, 0.2) is 0 Å². The molecular formula is C10H21F3N2. The van der Waals surface area contributed by atoms with Crippen molar-refractivity contribution in [3.8, 4) is 0 Å². The number of nitrogens with zero attached hydrogens (tertiary/aromatic N) is 1. The van der Waals surface area contributed by atoms with Crippen molar-refractivity contribution in [2.75, 3.05) is 26.2 Å². The smallest absolute Gasteiger partial charge is 0.330 e. The number of alkyl halides is 3. The summed E-state index contributed by atoms with van der Waals surface area (Å²) < 4.78 is 35.7. The lowest BCUT2D eigenvalue weighted by Crippen LogP contribution is -2.29. The van der Waals surface area contributed by atoms with Gasteiger partial charge in [0, 0.05) is 6.42 Å². The summed E-state index contributed by atoms with van der Waals surface area (Å²) in [5, 5.41) is 0. The number of hydrogen-bond donors (Lipinski definition) is 1. The van der Waals surface area contributed by atoms with Gasteiger partial charge in [-0.1, -0.05) is 6.92 Å². The normalized spacial score (nSPS) is 12.4. The Hall–Kier alpha value is -0.290. The topological polar surface area (TPSA) is 29.3 Å². The molecular weight excluding hydrogens is 205 g/mol. The van der Waals surface area contributed by atoms with Gasteiger partial charge in [-0.25, -0.2) is 0 Å². The lowest BCUT2D eigenvalue weighted by Gasteiger charge is -2.21. The van der Waals surface area contributed by atoms with E-state index in [1.54, 1.807) is 0 Å². The van der Waals surface area contributed by atoms with Crippen LogP contribution in [0.3, 0.4) is 0 Å². The van der Waals surface area contributed by atoms with Gasteiger partial charge in [-0.2, -0.15) is 13.2 Å². The Morgan fingerprint density at radius 3 is 2.13 bits per heavy atom. The molecule has 0 aliphatic heterocycles. The average Bonchev–Trinajstić information content (AvgIpc) is 2.12. The summed E-state index contributed by atoms with van der Waals surface area (Å²) in [6.07, 6.45) is -2.70. The third-order valence-electron chi connectivity index (χ3n) is 2.15. The van der Waals surface area contributed by atoms with Gasteiger partial charge in [-0.05, 0) is 45.4 Å². The van der Waals surface area contributed by atoms with Gasteiger partial charge < -0.3 is 10.6 Å². The summed E-state index contributed by atoms with van der Waals surface area (Å²) in [6.45, 7) is 4.81. The summed E-state index contributed by atoms with van der Waals surface area (Å²) >= 11 is 0. The Bertz CT molecular complexity index is 148. The number of nitrogens with two attached hydrogens (primary N) is 1. The molecule has 0 aliphatic rings. The van der Waals surface area contributed by atoms with Crippen molar-refractivity contribution in [1.29, 1.82) is 0 Å². The average molecular weight is 226 g/mol. The molecule has 0 rings (SSSR count). The van der Waals surface area contributed by atoms with E-state index < -0.39 is 12.6 Å². The van der Waals surface area contributed by atoms with Crippen LogP contribution in [0.2, 0.25) is 0 Å². The minimum atomic E-state index is -4.02.